The van der Waals surface area contributed by atoms with Crippen molar-refractivity contribution in [3.63, 3.8) is 0 Å². The van der Waals surface area contributed by atoms with E-state index in [1.807, 2.05) is 6.92 Å². The molecule has 0 saturated carbocycles. The van der Waals surface area contributed by atoms with E-state index in [1.165, 1.54) is 26.2 Å². The summed E-state index contributed by atoms with van der Waals surface area (Å²) in [5.74, 6) is -3.18. The summed E-state index contributed by atoms with van der Waals surface area (Å²) in [4.78, 5) is 66.6. The van der Waals surface area contributed by atoms with E-state index in [-0.39, 0.29) is 38.3 Å². The number of methoxy groups -OCH3 is 3. The first-order valence-electron chi connectivity index (χ1n) is 10.3. The molecule has 35 heavy (non-hydrogen) atoms. The van der Waals surface area contributed by atoms with Crippen LogP contribution in [0.5, 0.6) is 0 Å². The van der Waals surface area contributed by atoms with Crippen molar-refractivity contribution in [2.45, 2.75) is 59.0 Å². The van der Waals surface area contributed by atoms with Crippen LogP contribution < -0.4 is 17.2 Å². The Bertz CT molecular complexity index is 755. The van der Waals surface area contributed by atoms with Gasteiger partial charge in [-0.2, -0.15) is 0 Å². The molecule has 0 radical (unpaired) electrons. The van der Waals surface area contributed by atoms with E-state index < -0.39 is 47.7 Å². The third kappa shape index (κ3) is 13.7. The van der Waals surface area contributed by atoms with E-state index in [1.54, 1.807) is 6.92 Å². The second kappa shape index (κ2) is 18.9. The highest BCUT2D eigenvalue weighted by Gasteiger charge is 2.39. The largest absolute Gasteiger partial charge is 0.469 e. The lowest BCUT2D eigenvalue weighted by Crippen LogP contribution is -2.45. The van der Waals surface area contributed by atoms with Gasteiger partial charge in [-0.25, -0.2) is 4.79 Å². The lowest BCUT2D eigenvalue weighted by molar-refractivity contribution is -0.145. The van der Waals surface area contributed by atoms with Gasteiger partial charge in [-0.15, -0.1) is 0 Å². The number of carbonyl (C=O) groups is 6. The molecule has 0 aromatic rings. The molecule has 1 heterocycles. The van der Waals surface area contributed by atoms with Gasteiger partial charge in [0, 0.05) is 18.5 Å². The Hall–Kier alpha value is -3.48. The summed E-state index contributed by atoms with van der Waals surface area (Å²) in [5.41, 5.74) is 15.2. The molecule has 202 valence electrons. The molecule has 0 aliphatic carbocycles. The Balaban J connectivity index is -0.000000471. The van der Waals surface area contributed by atoms with Crippen molar-refractivity contribution in [3.8, 4) is 0 Å². The smallest absolute Gasteiger partial charge is 0.333 e. The summed E-state index contributed by atoms with van der Waals surface area (Å²) in [5, 5.41) is 0. The van der Waals surface area contributed by atoms with E-state index in [0.717, 1.165) is 0 Å². The summed E-state index contributed by atoms with van der Waals surface area (Å²) >= 11 is 0. The Morgan fingerprint density at radius 1 is 1.00 bits per heavy atom. The molecule has 0 aromatic carbocycles. The second-order valence-corrected chi connectivity index (χ2v) is 7.06. The van der Waals surface area contributed by atoms with Crippen LogP contribution in [0.15, 0.2) is 12.2 Å². The van der Waals surface area contributed by atoms with Gasteiger partial charge in [0.05, 0.1) is 39.7 Å². The minimum atomic E-state index is -0.623. The predicted octanol–water partition coefficient (Wildman–Crippen LogP) is -0.604. The molecule has 3 amide bonds. The average Bonchev–Trinajstić information content (AvgIpc) is 3.19. The molecular weight excluding hydrogens is 464 g/mol. The fourth-order valence-electron chi connectivity index (χ4n) is 2.60. The highest BCUT2D eigenvalue weighted by molar-refractivity contribution is 5.93. The summed E-state index contributed by atoms with van der Waals surface area (Å²) in [6.07, 6.45) is 1.05. The van der Waals surface area contributed by atoms with Gasteiger partial charge in [-0.3, -0.25) is 24.0 Å². The van der Waals surface area contributed by atoms with Crippen molar-refractivity contribution < 1.29 is 43.0 Å². The van der Waals surface area contributed by atoms with Crippen molar-refractivity contribution in [2.24, 2.45) is 23.1 Å². The van der Waals surface area contributed by atoms with Crippen LogP contribution in [-0.2, 0) is 43.0 Å². The number of amides is 3. The van der Waals surface area contributed by atoms with Crippen molar-refractivity contribution in [3.05, 3.63) is 12.2 Å². The van der Waals surface area contributed by atoms with E-state index >= 15 is 0 Å². The zero-order valence-electron chi connectivity index (χ0n) is 20.3. The van der Waals surface area contributed by atoms with Crippen LogP contribution in [-0.4, -0.2) is 80.5 Å². The first-order chi connectivity index (χ1) is 15.8. The summed E-state index contributed by atoms with van der Waals surface area (Å²) in [6, 6.07) is -1.08. The topological polar surface area (TPSA) is 211 Å². The number of rotatable bonds is 9. The number of hydrogen-bond donors (Lipinski definition) is 3. The Morgan fingerprint density at radius 2 is 1.54 bits per heavy atom. The zero-order chi connectivity index (χ0) is 27.0. The van der Waals surface area contributed by atoms with Crippen molar-refractivity contribution in [2.75, 3.05) is 27.9 Å². The quantitative estimate of drug-likeness (QED) is 0.206. The third-order valence-electron chi connectivity index (χ3n) is 4.65. The number of hydrogen-bond acceptors (Lipinski definition) is 10. The monoisotopic (exact) mass is 504 g/mol. The number of primary amides is 2. The molecule has 1 unspecified atom stereocenters. The molecule has 0 aromatic heterocycles. The van der Waals surface area contributed by atoms with Crippen LogP contribution in [0.2, 0.25) is 0 Å². The lowest BCUT2D eigenvalue weighted by Gasteiger charge is -2.24. The van der Waals surface area contributed by atoms with Crippen LogP contribution in [0.25, 0.3) is 0 Å². The van der Waals surface area contributed by atoms with Crippen molar-refractivity contribution in [1.29, 1.82) is 0 Å². The standard InChI is InChI=1S/C10H16N2O4.C7H10O4.C4H10N2O.CH4/c1-3-7(9(11)14)12-5-6(4-8(12)13)10(15)16-2;1-5(7(9)11-3)4-6(8)10-2;1-2-3(5)4(6)7;/h6-7H,3-5H2,1-2H3,(H2,11,14);1,4H2,2-3H3;3H,2,5H2,1H3,(H2,6,7);1H4/t6?,7-;;3-;/m0.0./s1. The van der Waals surface area contributed by atoms with E-state index in [2.05, 4.69) is 20.8 Å². The van der Waals surface area contributed by atoms with Crippen molar-refractivity contribution in [1.82, 2.24) is 4.90 Å². The first-order valence-corrected chi connectivity index (χ1v) is 10.3. The lowest BCUT2D eigenvalue weighted by atomic mass is 10.1. The maximum Gasteiger partial charge on any atom is 0.333 e. The van der Waals surface area contributed by atoms with Gasteiger partial charge in [-0.1, -0.05) is 27.9 Å². The predicted molar refractivity (Wildman–Crippen MR) is 127 cm³/mol. The number of carbonyl (C=O) groups excluding carboxylic acids is 6. The van der Waals surface area contributed by atoms with Crippen molar-refractivity contribution >= 4 is 35.6 Å². The van der Waals surface area contributed by atoms with Gasteiger partial charge in [0.1, 0.15) is 6.04 Å². The number of ether oxygens (including phenoxy) is 3. The van der Waals surface area contributed by atoms with Gasteiger partial charge in [0.2, 0.25) is 17.7 Å². The maximum atomic E-state index is 11.6. The van der Waals surface area contributed by atoms with Gasteiger partial charge in [-0.05, 0) is 12.8 Å². The van der Waals surface area contributed by atoms with Crippen LogP contribution in [0, 0.1) is 5.92 Å². The summed E-state index contributed by atoms with van der Waals surface area (Å²) < 4.78 is 13.2. The fraction of sp³-hybridized carbons (Fsp3) is 0.636. The Morgan fingerprint density at radius 3 is 1.86 bits per heavy atom. The van der Waals surface area contributed by atoms with Gasteiger partial charge in [0.15, 0.2) is 0 Å². The normalized spacial score (nSPS) is 15.4. The molecular formula is C22H40N4O9. The molecule has 1 saturated heterocycles. The second-order valence-electron chi connectivity index (χ2n) is 7.06. The SMILES string of the molecule is C.C=C(CC(=O)OC)C(=O)OC.CC[C@@H](C(N)=O)N1CC(C(=O)OC)CC1=O.CC[C@H](N)C(N)=O. The Labute approximate surface area is 206 Å². The molecule has 13 heteroatoms. The highest BCUT2D eigenvalue weighted by atomic mass is 16.5. The number of esters is 3. The minimum absolute atomic E-state index is 0. The Kier molecular flexibility index (Phi) is 19.5. The van der Waals surface area contributed by atoms with Gasteiger partial charge < -0.3 is 36.3 Å². The highest BCUT2D eigenvalue weighted by Crippen LogP contribution is 2.22. The maximum absolute atomic E-state index is 11.6. The van der Waals surface area contributed by atoms with Crippen LogP contribution in [0.4, 0.5) is 0 Å². The molecule has 13 nitrogen and oxygen atoms in total. The summed E-state index contributed by atoms with van der Waals surface area (Å²) in [6.45, 7) is 7.14. The number of nitrogens with two attached hydrogens (primary N) is 3. The molecule has 1 rings (SSSR count). The minimum Gasteiger partial charge on any atom is -0.469 e. The van der Waals surface area contributed by atoms with Crippen LogP contribution >= 0.6 is 0 Å². The van der Waals surface area contributed by atoms with Gasteiger partial charge in [0.25, 0.3) is 0 Å². The molecule has 0 spiro atoms. The molecule has 1 aliphatic heterocycles. The molecule has 3 atom stereocenters. The fourth-order valence-corrected chi connectivity index (χ4v) is 2.60. The van der Waals surface area contributed by atoms with E-state index in [9.17, 15) is 28.8 Å². The molecule has 1 fully saturated rings. The summed E-state index contributed by atoms with van der Waals surface area (Å²) in [7, 11) is 3.75. The van der Waals surface area contributed by atoms with Crippen LogP contribution in [0.1, 0.15) is 47.0 Å². The van der Waals surface area contributed by atoms with Gasteiger partial charge >= 0.3 is 17.9 Å². The van der Waals surface area contributed by atoms with Crippen LogP contribution in [0.3, 0.4) is 0 Å². The molecule has 1 aliphatic rings. The third-order valence-corrected chi connectivity index (χ3v) is 4.65. The molecule has 6 N–H and O–H groups in total. The van der Waals surface area contributed by atoms with E-state index in [0.29, 0.717) is 12.8 Å². The number of nitrogens with zero attached hydrogens (tertiary/aromatic N) is 1. The first kappa shape index (κ1) is 36.1. The number of likely N-dealkylation sites (tertiary alicyclic amines) is 1. The zero-order valence-corrected chi connectivity index (χ0v) is 20.3. The van der Waals surface area contributed by atoms with E-state index in [4.69, 9.17) is 17.2 Å². The average molecular weight is 505 g/mol. The molecule has 0 bridgehead atoms.